The molecule has 0 saturated carbocycles. The zero-order chi connectivity index (χ0) is 15.2. The van der Waals surface area contributed by atoms with Crippen LogP contribution in [0.3, 0.4) is 0 Å². The van der Waals surface area contributed by atoms with Gasteiger partial charge in [0.2, 0.25) is 11.0 Å². The fourth-order valence-corrected chi connectivity index (χ4v) is 3.50. The fourth-order valence-electron chi connectivity index (χ4n) is 2.11. The first-order valence-corrected chi connectivity index (χ1v) is 7.51. The van der Waals surface area contributed by atoms with Crippen molar-refractivity contribution >= 4 is 27.3 Å². The molecule has 1 aliphatic rings. The first-order chi connectivity index (χ1) is 9.89. The SMILES string of the molecule is Cc1ccc(S(=O)(=O)N2CC(=O)Nc3c(F)cccc32)o1. The third-order valence-electron chi connectivity index (χ3n) is 3.07. The quantitative estimate of drug-likeness (QED) is 0.918. The number of hydrogen-bond acceptors (Lipinski definition) is 4. The van der Waals surface area contributed by atoms with Crippen molar-refractivity contribution in [2.45, 2.75) is 12.0 Å². The van der Waals surface area contributed by atoms with Crippen molar-refractivity contribution in [3.05, 3.63) is 41.9 Å². The Hall–Kier alpha value is -2.35. The first kappa shape index (κ1) is 13.6. The topological polar surface area (TPSA) is 79.6 Å². The summed E-state index contributed by atoms with van der Waals surface area (Å²) in [6.45, 7) is 1.17. The van der Waals surface area contributed by atoms with Crippen molar-refractivity contribution in [3.8, 4) is 0 Å². The number of amides is 1. The van der Waals surface area contributed by atoms with Crippen LogP contribution in [0.4, 0.5) is 15.8 Å². The summed E-state index contributed by atoms with van der Waals surface area (Å²) in [6, 6.07) is 6.75. The van der Waals surface area contributed by atoms with Crippen LogP contribution in [-0.2, 0) is 14.8 Å². The van der Waals surface area contributed by atoms with Gasteiger partial charge in [0.15, 0.2) is 0 Å². The lowest BCUT2D eigenvalue weighted by Gasteiger charge is -2.29. The van der Waals surface area contributed by atoms with Gasteiger partial charge in [-0.2, -0.15) is 8.42 Å². The molecule has 0 aliphatic carbocycles. The lowest BCUT2D eigenvalue weighted by Crippen LogP contribution is -2.42. The molecular formula is C13H11FN2O4S. The molecule has 110 valence electrons. The number of furan rings is 1. The molecule has 0 atom stereocenters. The molecule has 1 aromatic carbocycles. The van der Waals surface area contributed by atoms with Gasteiger partial charge in [-0.05, 0) is 31.2 Å². The molecule has 0 radical (unpaired) electrons. The normalized spacial score (nSPS) is 14.8. The second-order valence-corrected chi connectivity index (χ2v) is 6.35. The average Bonchev–Trinajstić information content (AvgIpc) is 2.86. The number of sulfonamides is 1. The van der Waals surface area contributed by atoms with Gasteiger partial charge < -0.3 is 9.73 Å². The van der Waals surface area contributed by atoms with Crippen molar-refractivity contribution in [2.24, 2.45) is 0 Å². The molecular weight excluding hydrogens is 299 g/mol. The van der Waals surface area contributed by atoms with Crippen LogP contribution < -0.4 is 9.62 Å². The predicted octanol–water partition coefficient (Wildman–Crippen LogP) is 1.87. The summed E-state index contributed by atoms with van der Waals surface area (Å²) in [5, 5.41) is 2.05. The van der Waals surface area contributed by atoms with Crippen molar-refractivity contribution in [1.82, 2.24) is 0 Å². The van der Waals surface area contributed by atoms with Gasteiger partial charge in [0, 0.05) is 0 Å². The third kappa shape index (κ3) is 2.17. The second-order valence-electron chi connectivity index (χ2n) is 4.56. The Balaban J connectivity index is 2.16. The van der Waals surface area contributed by atoms with Crippen LogP contribution >= 0.6 is 0 Å². The van der Waals surface area contributed by atoms with E-state index in [1.165, 1.54) is 24.3 Å². The highest BCUT2D eigenvalue weighted by atomic mass is 32.2. The summed E-state index contributed by atoms with van der Waals surface area (Å²) >= 11 is 0. The van der Waals surface area contributed by atoms with Gasteiger partial charge in [0.1, 0.15) is 23.8 Å². The van der Waals surface area contributed by atoms with Gasteiger partial charge in [-0.15, -0.1) is 0 Å². The number of carbonyl (C=O) groups is 1. The van der Waals surface area contributed by atoms with E-state index < -0.39 is 28.3 Å². The van der Waals surface area contributed by atoms with Gasteiger partial charge in [0.25, 0.3) is 10.0 Å². The summed E-state index contributed by atoms with van der Waals surface area (Å²) in [5.41, 5.74) is -0.0794. The molecule has 3 rings (SSSR count). The van der Waals surface area contributed by atoms with Crippen LogP contribution in [0, 0.1) is 12.7 Å². The molecule has 0 bridgehead atoms. The molecule has 0 spiro atoms. The van der Waals surface area contributed by atoms with E-state index in [1.807, 2.05) is 0 Å². The van der Waals surface area contributed by atoms with Crippen molar-refractivity contribution in [3.63, 3.8) is 0 Å². The Morgan fingerprint density at radius 2 is 2.05 bits per heavy atom. The zero-order valence-electron chi connectivity index (χ0n) is 11.0. The minimum atomic E-state index is -4.07. The number of hydrogen-bond donors (Lipinski definition) is 1. The summed E-state index contributed by atoms with van der Waals surface area (Å²) in [7, 11) is -4.07. The van der Waals surface area contributed by atoms with E-state index in [-0.39, 0.29) is 16.5 Å². The third-order valence-corrected chi connectivity index (χ3v) is 4.71. The van der Waals surface area contributed by atoms with E-state index in [9.17, 15) is 17.6 Å². The lowest BCUT2D eigenvalue weighted by molar-refractivity contribution is -0.115. The van der Waals surface area contributed by atoms with Crippen molar-refractivity contribution in [2.75, 3.05) is 16.2 Å². The zero-order valence-corrected chi connectivity index (χ0v) is 11.8. The van der Waals surface area contributed by atoms with Crippen LogP contribution in [-0.4, -0.2) is 20.9 Å². The van der Waals surface area contributed by atoms with Gasteiger partial charge in [-0.1, -0.05) is 6.07 Å². The van der Waals surface area contributed by atoms with E-state index in [0.29, 0.717) is 5.76 Å². The number of rotatable bonds is 2. The Labute approximate surface area is 120 Å². The van der Waals surface area contributed by atoms with Crippen LogP contribution in [0.15, 0.2) is 39.8 Å². The Bertz CT molecular complexity index is 828. The highest BCUT2D eigenvalue weighted by molar-refractivity contribution is 7.92. The maximum Gasteiger partial charge on any atom is 0.298 e. The van der Waals surface area contributed by atoms with Gasteiger partial charge in [-0.25, -0.2) is 4.39 Å². The summed E-state index contributed by atoms with van der Waals surface area (Å²) in [6.07, 6.45) is 0. The average molecular weight is 310 g/mol. The van der Waals surface area contributed by atoms with E-state index in [2.05, 4.69) is 5.32 Å². The van der Waals surface area contributed by atoms with Crippen molar-refractivity contribution < 1.29 is 22.0 Å². The maximum absolute atomic E-state index is 13.8. The van der Waals surface area contributed by atoms with E-state index in [4.69, 9.17) is 4.42 Å². The molecule has 1 aromatic heterocycles. The molecule has 0 fully saturated rings. The molecule has 6 nitrogen and oxygen atoms in total. The standard InChI is InChI=1S/C13H11FN2O4S/c1-8-5-6-12(20-8)21(18,19)16-7-11(17)15-13-9(14)3-2-4-10(13)16/h2-6H,7H2,1H3,(H,15,17). The number of carbonyl (C=O) groups excluding carboxylic acids is 1. The number of fused-ring (bicyclic) bond motifs is 1. The van der Waals surface area contributed by atoms with Crippen molar-refractivity contribution in [1.29, 1.82) is 0 Å². The minimum Gasteiger partial charge on any atom is -0.448 e. The fraction of sp³-hybridized carbons (Fsp3) is 0.154. The second kappa shape index (κ2) is 4.59. The number of aryl methyl sites for hydroxylation is 1. The highest BCUT2D eigenvalue weighted by Crippen LogP contribution is 2.35. The molecule has 2 heterocycles. The molecule has 0 saturated heterocycles. The van der Waals surface area contributed by atoms with Crippen LogP contribution in [0.25, 0.3) is 0 Å². The summed E-state index contributed by atoms with van der Waals surface area (Å²) in [4.78, 5) is 11.7. The van der Waals surface area contributed by atoms with Crippen LogP contribution in [0.1, 0.15) is 5.76 Å². The Morgan fingerprint density at radius 1 is 1.29 bits per heavy atom. The van der Waals surface area contributed by atoms with E-state index >= 15 is 0 Å². The monoisotopic (exact) mass is 310 g/mol. The largest absolute Gasteiger partial charge is 0.448 e. The summed E-state index contributed by atoms with van der Waals surface area (Å²) in [5.74, 6) is -0.884. The number of nitrogens with one attached hydrogen (secondary N) is 1. The molecule has 0 unspecified atom stereocenters. The van der Waals surface area contributed by atoms with Gasteiger partial charge in [-0.3, -0.25) is 9.10 Å². The molecule has 1 aliphatic heterocycles. The number of para-hydroxylation sites is 1. The Kier molecular flexibility index (Phi) is 2.98. The molecule has 1 amide bonds. The number of anilines is 2. The highest BCUT2D eigenvalue weighted by Gasteiger charge is 2.35. The first-order valence-electron chi connectivity index (χ1n) is 6.07. The molecule has 8 heteroatoms. The molecule has 1 N–H and O–H groups in total. The van der Waals surface area contributed by atoms with E-state index in [1.54, 1.807) is 6.92 Å². The van der Waals surface area contributed by atoms with E-state index in [0.717, 1.165) is 10.4 Å². The van der Waals surface area contributed by atoms with Gasteiger partial charge >= 0.3 is 0 Å². The number of halogens is 1. The number of benzene rings is 1. The lowest BCUT2D eigenvalue weighted by atomic mass is 10.2. The van der Waals surface area contributed by atoms with Crippen LogP contribution in [0.2, 0.25) is 0 Å². The van der Waals surface area contributed by atoms with Gasteiger partial charge in [0.05, 0.1) is 5.69 Å². The maximum atomic E-state index is 13.8. The Morgan fingerprint density at radius 3 is 2.71 bits per heavy atom. The molecule has 21 heavy (non-hydrogen) atoms. The summed E-state index contributed by atoms with van der Waals surface area (Å²) < 4.78 is 44.8. The number of nitrogens with zero attached hydrogens (tertiary/aromatic N) is 1. The predicted molar refractivity (Wildman–Crippen MR) is 73.0 cm³/mol. The minimum absolute atomic E-state index is 0.0728. The smallest absolute Gasteiger partial charge is 0.298 e. The van der Waals surface area contributed by atoms with Crippen LogP contribution in [0.5, 0.6) is 0 Å². The molecule has 2 aromatic rings.